The van der Waals surface area contributed by atoms with Gasteiger partial charge in [-0.05, 0) is 77.0 Å². The molecule has 0 saturated carbocycles. The van der Waals surface area contributed by atoms with E-state index < -0.39 is 6.10 Å². The Morgan fingerprint density at radius 1 is 0.290 bits per heavy atom. The lowest BCUT2D eigenvalue weighted by Crippen LogP contribution is -2.30. The zero-order chi connectivity index (χ0) is 50.0. The molecule has 0 aromatic carbocycles. The van der Waals surface area contributed by atoms with Gasteiger partial charge in [0.1, 0.15) is 13.2 Å². The maximum absolute atomic E-state index is 12.8. The van der Waals surface area contributed by atoms with Crippen LogP contribution in [0.2, 0.25) is 0 Å². The predicted octanol–water partition coefficient (Wildman–Crippen LogP) is 20.2. The Kier molecular flexibility index (Phi) is 55.7. The zero-order valence-electron chi connectivity index (χ0n) is 46.1. The van der Waals surface area contributed by atoms with Gasteiger partial charge in [-0.25, -0.2) is 0 Å². The van der Waals surface area contributed by atoms with Crippen molar-refractivity contribution in [1.82, 2.24) is 0 Å². The van der Waals surface area contributed by atoms with E-state index in [-0.39, 0.29) is 31.1 Å². The van der Waals surface area contributed by atoms with E-state index in [0.29, 0.717) is 19.3 Å². The normalized spacial score (nSPS) is 12.3. The standard InChI is InChI=1S/C63H114O6/c1-4-7-10-13-16-19-22-25-27-28-29-30-31-32-33-34-35-36-37-39-41-44-47-50-53-56-62(65)68-59-60(58-67-61(64)55-52-49-46-43-40-24-21-18-15-12-9-6-3)69-63(66)57-54-51-48-45-42-38-26-23-20-17-14-11-8-5-2/h14,17,22-23,25-26,28-29,60H,4-13,15-16,18-21,24,27,30-59H2,1-3H3/b17-14-,25-22-,26-23-,29-28-. The molecule has 0 saturated heterocycles. The largest absolute Gasteiger partial charge is 0.462 e. The van der Waals surface area contributed by atoms with Gasteiger partial charge in [0, 0.05) is 19.3 Å². The number of unbranched alkanes of at least 4 members (excludes halogenated alkanes) is 36. The zero-order valence-corrected chi connectivity index (χ0v) is 46.1. The van der Waals surface area contributed by atoms with Crippen LogP contribution in [0.5, 0.6) is 0 Å². The SMILES string of the molecule is CCCC/C=C\C/C=C\CCCCCCCC(=O)OC(COC(=O)CCCCCCCCCCCCCC)COC(=O)CCCCCCCCCCCCCCC/C=C\C/C=C\CCCCCCC. The number of hydrogen-bond acceptors (Lipinski definition) is 6. The summed E-state index contributed by atoms with van der Waals surface area (Å²) < 4.78 is 16.9. The van der Waals surface area contributed by atoms with Crippen molar-refractivity contribution in [3.8, 4) is 0 Å². The maximum Gasteiger partial charge on any atom is 0.306 e. The van der Waals surface area contributed by atoms with Crippen molar-refractivity contribution in [3.05, 3.63) is 48.6 Å². The van der Waals surface area contributed by atoms with Crippen molar-refractivity contribution in [1.29, 1.82) is 0 Å². The molecule has 0 aliphatic rings. The third-order valence-electron chi connectivity index (χ3n) is 13.3. The Hall–Kier alpha value is -2.63. The van der Waals surface area contributed by atoms with Crippen LogP contribution in [0, 0.1) is 0 Å². The highest BCUT2D eigenvalue weighted by atomic mass is 16.6. The van der Waals surface area contributed by atoms with E-state index in [1.165, 1.54) is 186 Å². The summed E-state index contributed by atoms with van der Waals surface area (Å²) in [6, 6.07) is 0. The fourth-order valence-electron chi connectivity index (χ4n) is 8.73. The van der Waals surface area contributed by atoms with Gasteiger partial charge in [0.2, 0.25) is 0 Å². The van der Waals surface area contributed by atoms with Crippen LogP contribution in [0.4, 0.5) is 0 Å². The Bertz CT molecular complexity index is 1200. The monoisotopic (exact) mass is 967 g/mol. The van der Waals surface area contributed by atoms with Crippen molar-refractivity contribution in [2.45, 2.75) is 322 Å². The Morgan fingerprint density at radius 3 is 0.841 bits per heavy atom. The molecule has 0 aliphatic heterocycles. The summed E-state index contributed by atoms with van der Waals surface area (Å²) in [5.41, 5.74) is 0. The average Bonchev–Trinajstić information content (AvgIpc) is 3.35. The van der Waals surface area contributed by atoms with Gasteiger partial charge < -0.3 is 14.2 Å². The smallest absolute Gasteiger partial charge is 0.306 e. The van der Waals surface area contributed by atoms with E-state index in [2.05, 4.69) is 69.4 Å². The fraction of sp³-hybridized carbons (Fsp3) is 0.825. The van der Waals surface area contributed by atoms with Crippen molar-refractivity contribution in [3.63, 3.8) is 0 Å². The average molecular weight is 968 g/mol. The Balaban J connectivity index is 4.23. The highest BCUT2D eigenvalue weighted by molar-refractivity contribution is 5.71. The number of rotatable bonds is 55. The minimum atomic E-state index is -0.778. The summed E-state index contributed by atoms with van der Waals surface area (Å²) in [5, 5.41) is 0. The molecule has 0 spiro atoms. The minimum absolute atomic E-state index is 0.0756. The fourth-order valence-corrected chi connectivity index (χ4v) is 8.73. The molecule has 0 aliphatic carbocycles. The molecule has 1 atom stereocenters. The van der Waals surface area contributed by atoms with Gasteiger partial charge >= 0.3 is 17.9 Å². The van der Waals surface area contributed by atoms with E-state index in [0.717, 1.165) is 89.9 Å². The highest BCUT2D eigenvalue weighted by Crippen LogP contribution is 2.16. The van der Waals surface area contributed by atoms with Crippen LogP contribution in [-0.2, 0) is 28.6 Å². The van der Waals surface area contributed by atoms with E-state index in [1.807, 2.05) is 0 Å². The molecule has 6 heteroatoms. The molecule has 0 rings (SSSR count). The third-order valence-corrected chi connectivity index (χ3v) is 13.3. The minimum Gasteiger partial charge on any atom is -0.462 e. The quantitative estimate of drug-likeness (QED) is 0.0262. The molecular weight excluding hydrogens is 853 g/mol. The molecule has 0 N–H and O–H groups in total. The van der Waals surface area contributed by atoms with E-state index in [4.69, 9.17) is 14.2 Å². The molecule has 0 aromatic rings. The van der Waals surface area contributed by atoms with Crippen LogP contribution in [-0.4, -0.2) is 37.2 Å². The second-order valence-electron chi connectivity index (χ2n) is 20.3. The third kappa shape index (κ3) is 56.2. The van der Waals surface area contributed by atoms with E-state index in [1.54, 1.807) is 0 Å². The molecular formula is C63H114O6. The Labute approximate surface area is 428 Å². The van der Waals surface area contributed by atoms with Crippen molar-refractivity contribution < 1.29 is 28.6 Å². The molecule has 69 heavy (non-hydrogen) atoms. The molecule has 0 radical (unpaired) electrons. The second-order valence-corrected chi connectivity index (χ2v) is 20.3. The Morgan fingerprint density at radius 2 is 0.536 bits per heavy atom. The molecule has 0 fully saturated rings. The summed E-state index contributed by atoms with van der Waals surface area (Å²) in [6.45, 7) is 6.61. The molecule has 0 amide bonds. The predicted molar refractivity (Wildman–Crippen MR) is 298 cm³/mol. The molecule has 0 heterocycles. The number of allylic oxidation sites excluding steroid dienone is 8. The van der Waals surface area contributed by atoms with Crippen LogP contribution in [0.25, 0.3) is 0 Å². The number of esters is 3. The first kappa shape index (κ1) is 66.4. The van der Waals surface area contributed by atoms with Gasteiger partial charge in [-0.1, -0.05) is 268 Å². The van der Waals surface area contributed by atoms with Gasteiger partial charge in [0.05, 0.1) is 0 Å². The number of hydrogen-bond donors (Lipinski definition) is 0. The molecule has 402 valence electrons. The topological polar surface area (TPSA) is 78.9 Å². The molecule has 0 aromatic heterocycles. The highest BCUT2D eigenvalue weighted by Gasteiger charge is 2.19. The van der Waals surface area contributed by atoms with Crippen LogP contribution in [0.1, 0.15) is 316 Å². The van der Waals surface area contributed by atoms with E-state index in [9.17, 15) is 14.4 Å². The van der Waals surface area contributed by atoms with Crippen molar-refractivity contribution in [2.75, 3.05) is 13.2 Å². The van der Waals surface area contributed by atoms with Crippen molar-refractivity contribution in [2.24, 2.45) is 0 Å². The van der Waals surface area contributed by atoms with Crippen LogP contribution < -0.4 is 0 Å². The lowest BCUT2D eigenvalue weighted by molar-refractivity contribution is -0.167. The van der Waals surface area contributed by atoms with Gasteiger partial charge in [0.25, 0.3) is 0 Å². The van der Waals surface area contributed by atoms with Gasteiger partial charge in [-0.2, -0.15) is 0 Å². The summed E-state index contributed by atoms with van der Waals surface area (Å²) in [6.07, 6.45) is 71.1. The van der Waals surface area contributed by atoms with Gasteiger partial charge in [-0.15, -0.1) is 0 Å². The maximum atomic E-state index is 12.8. The molecule has 6 nitrogen and oxygen atoms in total. The second kappa shape index (κ2) is 57.9. The van der Waals surface area contributed by atoms with E-state index >= 15 is 0 Å². The number of carbonyl (C=O) groups is 3. The van der Waals surface area contributed by atoms with Crippen LogP contribution in [0.15, 0.2) is 48.6 Å². The molecule has 0 bridgehead atoms. The van der Waals surface area contributed by atoms with Crippen LogP contribution in [0.3, 0.4) is 0 Å². The lowest BCUT2D eigenvalue weighted by Gasteiger charge is -2.18. The summed E-state index contributed by atoms with van der Waals surface area (Å²) in [4.78, 5) is 38.1. The van der Waals surface area contributed by atoms with Crippen LogP contribution >= 0.6 is 0 Å². The van der Waals surface area contributed by atoms with Gasteiger partial charge in [0.15, 0.2) is 6.10 Å². The first-order chi connectivity index (χ1) is 34.0. The number of ether oxygens (including phenoxy) is 3. The van der Waals surface area contributed by atoms with Crippen molar-refractivity contribution >= 4 is 17.9 Å². The summed E-state index contributed by atoms with van der Waals surface area (Å²) >= 11 is 0. The first-order valence-corrected chi connectivity index (χ1v) is 30.1. The summed E-state index contributed by atoms with van der Waals surface area (Å²) in [5.74, 6) is -0.876. The molecule has 1 unspecified atom stereocenters. The lowest BCUT2D eigenvalue weighted by atomic mass is 10.0. The number of carbonyl (C=O) groups excluding carboxylic acids is 3. The summed E-state index contributed by atoms with van der Waals surface area (Å²) in [7, 11) is 0. The van der Waals surface area contributed by atoms with Gasteiger partial charge in [-0.3, -0.25) is 14.4 Å². The first-order valence-electron chi connectivity index (χ1n) is 30.1.